The number of hydrogen-bond donors (Lipinski definition) is 3. The molecule has 1 aliphatic heterocycles. The van der Waals surface area contributed by atoms with Gasteiger partial charge in [-0.3, -0.25) is 0 Å². The van der Waals surface area contributed by atoms with Crippen LogP contribution in [0.4, 0.5) is 0 Å². The van der Waals surface area contributed by atoms with Crippen LogP contribution in [-0.4, -0.2) is 42.5 Å². The highest BCUT2D eigenvalue weighted by Crippen LogP contribution is 2.38. The third kappa shape index (κ3) is 4.25. The molecule has 1 saturated heterocycles. The van der Waals surface area contributed by atoms with Gasteiger partial charge in [-0.2, -0.15) is 0 Å². The highest BCUT2D eigenvalue weighted by atomic mass is 16.3. The predicted octanol–water partition coefficient (Wildman–Crippen LogP) is 2.65. The maximum atomic E-state index is 9.81. The average Bonchev–Trinajstić information content (AvgIpc) is 3.19. The first-order valence-corrected chi connectivity index (χ1v) is 9.11. The van der Waals surface area contributed by atoms with E-state index in [0.717, 1.165) is 30.5 Å². The second-order valence-corrected chi connectivity index (χ2v) is 7.20. The zero-order chi connectivity index (χ0) is 16.8. The molecule has 0 bridgehead atoms. The number of aliphatic hydroxyl groups is 1. The molecule has 1 heterocycles. The van der Waals surface area contributed by atoms with Crippen LogP contribution in [0.25, 0.3) is 0 Å². The Morgan fingerprint density at radius 3 is 2.58 bits per heavy atom. The molecule has 4 heteroatoms. The minimum Gasteiger partial charge on any atom is -0.396 e. The molecule has 0 aromatic heterocycles. The maximum Gasteiger partial charge on any atom is 0.0513 e. The van der Waals surface area contributed by atoms with Crippen molar-refractivity contribution in [2.45, 2.75) is 25.8 Å². The molecule has 3 atom stereocenters. The van der Waals surface area contributed by atoms with E-state index in [1.807, 2.05) is 24.4 Å². The van der Waals surface area contributed by atoms with Crippen LogP contribution < -0.4 is 5.32 Å². The summed E-state index contributed by atoms with van der Waals surface area (Å²) in [6.07, 6.45) is 7.42. The molecular formula is C20H29N3O. The lowest BCUT2D eigenvalue weighted by molar-refractivity contribution is 0.196. The monoisotopic (exact) mass is 327 g/mol. The van der Waals surface area contributed by atoms with E-state index in [-0.39, 0.29) is 12.5 Å². The maximum absolute atomic E-state index is 9.81. The van der Waals surface area contributed by atoms with Crippen LogP contribution in [0, 0.1) is 23.2 Å². The highest BCUT2D eigenvalue weighted by molar-refractivity contribution is 5.76. The van der Waals surface area contributed by atoms with Crippen LogP contribution in [0.5, 0.6) is 0 Å². The Bertz CT molecular complexity index is 545. The molecule has 2 aliphatic rings. The van der Waals surface area contributed by atoms with Crippen LogP contribution in [0.2, 0.25) is 0 Å². The van der Waals surface area contributed by atoms with Crippen molar-refractivity contribution in [2.24, 2.45) is 17.8 Å². The molecule has 130 valence electrons. The van der Waals surface area contributed by atoms with Crippen LogP contribution in [0.15, 0.2) is 42.1 Å². The number of nitrogens with one attached hydrogen (secondary N) is 2. The van der Waals surface area contributed by atoms with E-state index >= 15 is 0 Å². The molecular weight excluding hydrogens is 298 g/mol. The lowest BCUT2D eigenvalue weighted by Gasteiger charge is -2.23. The Labute approximate surface area is 145 Å². The molecule has 3 rings (SSSR count). The van der Waals surface area contributed by atoms with Gasteiger partial charge in [0.25, 0.3) is 0 Å². The van der Waals surface area contributed by atoms with Crippen molar-refractivity contribution in [3.63, 3.8) is 0 Å². The minimum atomic E-state index is 0.0181. The number of rotatable bonds is 8. The van der Waals surface area contributed by atoms with Gasteiger partial charge in [-0.15, -0.1) is 0 Å². The second-order valence-electron chi connectivity index (χ2n) is 7.20. The largest absolute Gasteiger partial charge is 0.396 e. The fraction of sp³-hybridized carbons (Fsp3) is 0.550. The van der Waals surface area contributed by atoms with Gasteiger partial charge in [-0.1, -0.05) is 36.8 Å². The number of hydrogen-bond acceptors (Lipinski definition) is 4. The van der Waals surface area contributed by atoms with Crippen molar-refractivity contribution >= 4 is 6.21 Å². The molecule has 1 aromatic carbocycles. The molecule has 2 fully saturated rings. The number of aliphatic hydroxyl groups excluding tert-OH is 1. The molecule has 0 spiro atoms. The number of fused-ring (bicyclic) bond motifs is 1. The number of benzene rings is 1. The highest BCUT2D eigenvalue weighted by Gasteiger charge is 2.36. The van der Waals surface area contributed by atoms with Crippen molar-refractivity contribution < 1.29 is 5.11 Å². The lowest BCUT2D eigenvalue weighted by Crippen LogP contribution is -2.31. The van der Waals surface area contributed by atoms with Crippen LogP contribution in [-0.2, 0) is 6.54 Å². The summed E-state index contributed by atoms with van der Waals surface area (Å²) in [5, 5.41) is 20.8. The van der Waals surface area contributed by atoms with Gasteiger partial charge in [-0.25, -0.2) is 0 Å². The molecule has 4 nitrogen and oxygen atoms in total. The van der Waals surface area contributed by atoms with Gasteiger partial charge in [0.15, 0.2) is 0 Å². The average molecular weight is 327 g/mol. The Morgan fingerprint density at radius 1 is 1.25 bits per heavy atom. The van der Waals surface area contributed by atoms with E-state index in [1.165, 1.54) is 44.1 Å². The number of nitrogens with zero attached hydrogens (tertiary/aromatic N) is 1. The Kier molecular flexibility index (Phi) is 6.05. The molecule has 1 unspecified atom stereocenters. The van der Waals surface area contributed by atoms with Gasteiger partial charge >= 0.3 is 0 Å². The standard InChI is InChI=1S/C20H29N3O/c21-9-19(11-22-10-16-5-2-1-3-6-16)20(15-24)14-23-12-17-7-4-8-18(17)13-23/h1-3,5-6,9,11,17-18,20-22,24H,4,7-8,10,12-15H2/b19-11+,21-9?/t17-,18+,20?. The summed E-state index contributed by atoms with van der Waals surface area (Å²) in [4.78, 5) is 2.49. The third-order valence-corrected chi connectivity index (χ3v) is 5.56. The SMILES string of the molecule is N=C/C(=C\NCc1ccccc1)C(CO)CN1C[C@H]2CCC[C@H]2C1. The van der Waals surface area contributed by atoms with E-state index in [2.05, 4.69) is 22.3 Å². The van der Waals surface area contributed by atoms with E-state index in [1.54, 1.807) is 0 Å². The first-order chi connectivity index (χ1) is 11.8. The van der Waals surface area contributed by atoms with Crippen molar-refractivity contribution in [3.8, 4) is 0 Å². The predicted molar refractivity (Wildman–Crippen MR) is 98.0 cm³/mol. The third-order valence-electron chi connectivity index (χ3n) is 5.56. The zero-order valence-electron chi connectivity index (χ0n) is 14.3. The normalized spacial score (nSPS) is 25.5. The molecule has 0 radical (unpaired) electrons. The Morgan fingerprint density at radius 2 is 1.96 bits per heavy atom. The summed E-state index contributed by atoms with van der Waals surface area (Å²) >= 11 is 0. The van der Waals surface area contributed by atoms with E-state index in [0.29, 0.717) is 0 Å². The van der Waals surface area contributed by atoms with Crippen LogP contribution in [0.3, 0.4) is 0 Å². The summed E-state index contributed by atoms with van der Waals surface area (Å²) in [5.41, 5.74) is 2.09. The summed E-state index contributed by atoms with van der Waals surface area (Å²) in [6.45, 7) is 4.04. The minimum absolute atomic E-state index is 0.0181. The van der Waals surface area contributed by atoms with E-state index in [4.69, 9.17) is 5.41 Å². The van der Waals surface area contributed by atoms with Crippen molar-refractivity contribution in [2.75, 3.05) is 26.2 Å². The first kappa shape index (κ1) is 17.2. The second kappa shape index (κ2) is 8.45. The lowest BCUT2D eigenvalue weighted by atomic mass is 10.0. The Hall–Kier alpha value is -1.65. The molecule has 24 heavy (non-hydrogen) atoms. The first-order valence-electron chi connectivity index (χ1n) is 9.11. The van der Waals surface area contributed by atoms with E-state index in [9.17, 15) is 5.11 Å². The van der Waals surface area contributed by atoms with Crippen LogP contribution in [0.1, 0.15) is 24.8 Å². The van der Waals surface area contributed by atoms with Gasteiger partial charge < -0.3 is 20.7 Å². The van der Waals surface area contributed by atoms with Gasteiger partial charge in [0.2, 0.25) is 0 Å². The topological polar surface area (TPSA) is 59.4 Å². The van der Waals surface area contributed by atoms with E-state index < -0.39 is 0 Å². The molecule has 3 N–H and O–H groups in total. The molecule has 1 aliphatic carbocycles. The van der Waals surface area contributed by atoms with Crippen molar-refractivity contribution in [1.29, 1.82) is 5.41 Å². The Balaban J connectivity index is 1.53. The summed E-state index contributed by atoms with van der Waals surface area (Å²) < 4.78 is 0. The molecule has 1 saturated carbocycles. The smallest absolute Gasteiger partial charge is 0.0513 e. The van der Waals surface area contributed by atoms with Gasteiger partial charge in [0.05, 0.1) is 6.61 Å². The quantitative estimate of drug-likeness (QED) is 0.643. The molecule has 0 amide bonds. The fourth-order valence-corrected chi connectivity index (χ4v) is 4.22. The molecule has 1 aromatic rings. The van der Waals surface area contributed by atoms with Crippen molar-refractivity contribution in [3.05, 3.63) is 47.7 Å². The van der Waals surface area contributed by atoms with Gasteiger partial charge in [-0.05, 0) is 35.8 Å². The summed E-state index contributed by atoms with van der Waals surface area (Å²) in [5.74, 6) is 1.76. The summed E-state index contributed by atoms with van der Waals surface area (Å²) in [6, 6.07) is 10.2. The fourth-order valence-electron chi connectivity index (χ4n) is 4.22. The van der Waals surface area contributed by atoms with Gasteiger partial charge in [0, 0.05) is 44.5 Å². The van der Waals surface area contributed by atoms with Gasteiger partial charge in [0.1, 0.15) is 0 Å². The zero-order valence-corrected chi connectivity index (χ0v) is 14.3. The number of likely N-dealkylation sites (tertiary alicyclic amines) is 1. The van der Waals surface area contributed by atoms with Crippen molar-refractivity contribution in [1.82, 2.24) is 10.2 Å². The summed E-state index contributed by atoms with van der Waals surface area (Å²) in [7, 11) is 0. The van der Waals surface area contributed by atoms with Crippen LogP contribution >= 0.6 is 0 Å².